The van der Waals surface area contributed by atoms with Crippen molar-refractivity contribution in [3.8, 4) is 0 Å². The van der Waals surface area contributed by atoms with Crippen LogP contribution in [-0.2, 0) is 19.0 Å². The maximum absolute atomic E-state index is 11.5. The Morgan fingerprint density at radius 1 is 1.14 bits per heavy atom. The normalized spacial score (nSPS) is 18.1. The molecule has 1 aromatic heterocycles. The third kappa shape index (κ3) is 6.72. The van der Waals surface area contributed by atoms with Crippen molar-refractivity contribution in [1.29, 1.82) is 0 Å². The highest BCUT2D eigenvalue weighted by molar-refractivity contribution is 5.77. The maximum atomic E-state index is 11.5. The molecule has 36 heavy (non-hydrogen) atoms. The standard InChI is InChI=1S/C27H38N4O5/c1-3-31(23-8-12-36-13-9-23)25-5-4-20(21(18-34-2)15-26(32)33)14-24(25)30-22-16-28-27(29-17-22)19-6-10-35-11-7-19/h4-5,14,16-17,19,21,23,30H,3,6-13,15,18H2,1-2H3,(H,32,33)/t21-/m0/s1. The molecular formula is C27H38N4O5. The van der Waals surface area contributed by atoms with Crippen molar-refractivity contribution >= 4 is 23.0 Å². The molecular weight excluding hydrogens is 460 g/mol. The molecule has 2 saturated heterocycles. The first kappa shape index (κ1) is 26.3. The molecule has 0 radical (unpaired) electrons. The number of carbonyl (C=O) groups is 1. The summed E-state index contributed by atoms with van der Waals surface area (Å²) in [4.78, 5) is 23.2. The number of nitrogens with zero attached hydrogens (tertiary/aromatic N) is 3. The highest BCUT2D eigenvalue weighted by Gasteiger charge is 2.25. The summed E-state index contributed by atoms with van der Waals surface area (Å²) in [7, 11) is 1.60. The molecule has 3 heterocycles. The zero-order valence-electron chi connectivity index (χ0n) is 21.3. The molecule has 4 rings (SSSR count). The predicted molar refractivity (Wildman–Crippen MR) is 138 cm³/mol. The molecule has 0 amide bonds. The summed E-state index contributed by atoms with van der Waals surface area (Å²) in [6, 6.07) is 6.56. The molecule has 196 valence electrons. The van der Waals surface area contributed by atoms with Gasteiger partial charge in [0.25, 0.3) is 0 Å². The van der Waals surface area contributed by atoms with Gasteiger partial charge in [-0.25, -0.2) is 9.97 Å². The van der Waals surface area contributed by atoms with Gasteiger partial charge < -0.3 is 29.5 Å². The minimum Gasteiger partial charge on any atom is -0.481 e. The van der Waals surface area contributed by atoms with E-state index < -0.39 is 5.97 Å². The molecule has 1 aromatic carbocycles. The van der Waals surface area contributed by atoms with E-state index in [2.05, 4.69) is 39.2 Å². The number of ether oxygens (including phenoxy) is 3. The second-order valence-corrected chi connectivity index (χ2v) is 9.50. The van der Waals surface area contributed by atoms with Gasteiger partial charge in [0.2, 0.25) is 0 Å². The minimum absolute atomic E-state index is 0.00694. The van der Waals surface area contributed by atoms with Crippen LogP contribution < -0.4 is 10.2 Å². The smallest absolute Gasteiger partial charge is 0.304 e. The summed E-state index contributed by atoms with van der Waals surface area (Å²) in [5.74, 6) is 0.107. The molecule has 2 aliphatic rings. The van der Waals surface area contributed by atoms with Crippen molar-refractivity contribution < 1.29 is 24.1 Å². The van der Waals surface area contributed by atoms with Gasteiger partial charge in [-0.3, -0.25) is 4.79 Å². The van der Waals surface area contributed by atoms with Crippen molar-refractivity contribution in [3.05, 3.63) is 42.0 Å². The molecule has 2 aromatic rings. The summed E-state index contributed by atoms with van der Waals surface area (Å²) < 4.78 is 16.4. The Morgan fingerprint density at radius 2 is 1.81 bits per heavy atom. The number of rotatable bonds is 11. The number of nitrogens with one attached hydrogen (secondary N) is 1. The first-order valence-corrected chi connectivity index (χ1v) is 12.9. The SMILES string of the molecule is CCN(c1ccc([C@H](COC)CC(=O)O)cc1Nc1cnc(C2CCOCC2)nc1)C1CCOCC1. The number of hydrogen-bond acceptors (Lipinski definition) is 8. The van der Waals surface area contributed by atoms with Crippen molar-refractivity contribution in [1.82, 2.24) is 9.97 Å². The van der Waals surface area contributed by atoms with Crippen LogP contribution in [0.4, 0.5) is 17.1 Å². The Hall–Kier alpha value is -2.75. The van der Waals surface area contributed by atoms with E-state index in [1.54, 1.807) is 7.11 Å². The van der Waals surface area contributed by atoms with Crippen molar-refractivity contribution in [2.75, 3.05) is 56.9 Å². The number of anilines is 3. The second kappa shape index (κ2) is 13.0. The number of aliphatic carboxylic acids is 1. The van der Waals surface area contributed by atoms with Gasteiger partial charge in [-0.1, -0.05) is 6.07 Å². The maximum Gasteiger partial charge on any atom is 0.304 e. The lowest BCUT2D eigenvalue weighted by Crippen LogP contribution is -2.39. The van der Waals surface area contributed by atoms with E-state index >= 15 is 0 Å². The number of benzene rings is 1. The van der Waals surface area contributed by atoms with Gasteiger partial charge in [0.15, 0.2) is 0 Å². The summed E-state index contributed by atoms with van der Waals surface area (Å²) >= 11 is 0. The number of aromatic nitrogens is 2. The molecule has 0 bridgehead atoms. The fraction of sp³-hybridized carbons (Fsp3) is 0.593. The number of hydrogen-bond donors (Lipinski definition) is 2. The molecule has 2 fully saturated rings. The lowest BCUT2D eigenvalue weighted by atomic mass is 9.95. The lowest BCUT2D eigenvalue weighted by molar-refractivity contribution is -0.137. The van der Waals surface area contributed by atoms with Gasteiger partial charge in [0, 0.05) is 58.0 Å². The minimum atomic E-state index is -0.842. The summed E-state index contributed by atoms with van der Waals surface area (Å²) in [6.45, 7) is 6.39. The average molecular weight is 499 g/mol. The number of carboxylic acids is 1. The lowest BCUT2D eigenvalue weighted by Gasteiger charge is -2.37. The van der Waals surface area contributed by atoms with Crippen molar-refractivity contribution in [2.24, 2.45) is 0 Å². The number of methoxy groups -OCH3 is 1. The average Bonchev–Trinajstić information content (AvgIpc) is 2.91. The van der Waals surface area contributed by atoms with Gasteiger partial charge in [-0.15, -0.1) is 0 Å². The molecule has 0 aliphatic carbocycles. The quantitative estimate of drug-likeness (QED) is 0.468. The van der Waals surface area contributed by atoms with Gasteiger partial charge in [-0.2, -0.15) is 0 Å². The van der Waals surface area contributed by atoms with Gasteiger partial charge >= 0.3 is 5.97 Å². The van der Waals surface area contributed by atoms with Crippen LogP contribution in [0, 0.1) is 0 Å². The third-order valence-corrected chi connectivity index (χ3v) is 7.10. The van der Waals surface area contributed by atoms with Crippen LogP contribution >= 0.6 is 0 Å². The van der Waals surface area contributed by atoms with E-state index in [1.165, 1.54) is 0 Å². The molecule has 2 aliphatic heterocycles. The molecule has 9 heteroatoms. The van der Waals surface area contributed by atoms with E-state index in [1.807, 2.05) is 18.5 Å². The van der Waals surface area contributed by atoms with E-state index in [0.717, 1.165) is 87.1 Å². The summed E-state index contributed by atoms with van der Waals surface area (Å²) in [6.07, 6.45) is 7.52. The first-order chi connectivity index (χ1) is 17.6. The van der Waals surface area contributed by atoms with Crippen LogP contribution in [0.3, 0.4) is 0 Å². The number of carboxylic acid groups (broad SMARTS) is 1. The Balaban J connectivity index is 1.64. The Labute approximate surface area is 213 Å². The Bertz CT molecular complexity index is 975. The van der Waals surface area contributed by atoms with Gasteiger partial charge in [-0.05, 0) is 50.3 Å². The molecule has 0 spiro atoms. The van der Waals surface area contributed by atoms with Crippen LogP contribution in [0.5, 0.6) is 0 Å². The summed E-state index contributed by atoms with van der Waals surface area (Å²) in [5.41, 5.74) is 3.71. The zero-order valence-corrected chi connectivity index (χ0v) is 21.3. The topological polar surface area (TPSA) is 106 Å². The molecule has 0 saturated carbocycles. The van der Waals surface area contributed by atoms with Crippen LogP contribution in [0.15, 0.2) is 30.6 Å². The van der Waals surface area contributed by atoms with E-state index in [4.69, 9.17) is 14.2 Å². The fourth-order valence-electron chi connectivity index (χ4n) is 5.19. The second-order valence-electron chi connectivity index (χ2n) is 9.50. The van der Waals surface area contributed by atoms with E-state index in [0.29, 0.717) is 18.6 Å². The molecule has 2 N–H and O–H groups in total. The molecule has 0 unspecified atom stereocenters. The van der Waals surface area contributed by atoms with E-state index in [9.17, 15) is 9.90 Å². The highest BCUT2D eigenvalue weighted by atomic mass is 16.5. The van der Waals surface area contributed by atoms with Gasteiger partial charge in [0.05, 0.1) is 42.5 Å². The Kier molecular flexibility index (Phi) is 9.49. The molecule has 9 nitrogen and oxygen atoms in total. The fourth-order valence-corrected chi connectivity index (χ4v) is 5.19. The molecule has 1 atom stereocenters. The largest absolute Gasteiger partial charge is 0.481 e. The van der Waals surface area contributed by atoms with Crippen LogP contribution in [0.2, 0.25) is 0 Å². The first-order valence-electron chi connectivity index (χ1n) is 12.9. The van der Waals surface area contributed by atoms with Crippen LogP contribution in [-0.4, -0.2) is 73.8 Å². The Morgan fingerprint density at radius 3 is 2.42 bits per heavy atom. The van der Waals surface area contributed by atoms with E-state index in [-0.39, 0.29) is 12.3 Å². The highest BCUT2D eigenvalue weighted by Crippen LogP contribution is 2.36. The predicted octanol–water partition coefficient (Wildman–Crippen LogP) is 4.32. The van der Waals surface area contributed by atoms with Crippen molar-refractivity contribution in [3.63, 3.8) is 0 Å². The summed E-state index contributed by atoms with van der Waals surface area (Å²) in [5, 5.41) is 13.0. The van der Waals surface area contributed by atoms with Crippen LogP contribution in [0.25, 0.3) is 0 Å². The van der Waals surface area contributed by atoms with Gasteiger partial charge in [0.1, 0.15) is 5.82 Å². The zero-order chi connectivity index (χ0) is 25.3. The monoisotopic (exact) mass is 498 g/mol. The third-order valence-electron chi connectivity index (χ3n) is 7.10. The van der Waals surface area contributed by atoms with Crippen LogP contribution in [0.1, 0.15) is 62.3 Å². The van der Waals surface area contributed by atoms with Crippen molar-refractivity contribution in [2.45, 2.75) is 56.9 Å².